The zero-order valence-corrected chi connectivity index (χ0v) is 13.8. The summed E-state index contributed by atoms with van der Waals surface area (Å²) in [5, 5.41) is 19.9. The Balaban J connectivity index is 1.41. The summed E-state index contributed by atoms with van der Waals surface area (Å²) < 4.78 is 0. The van der Waals surface area contributed by atoms with E-state index in [0.717, 1.165) is 37.0 Å². The first-order valence-corrected chi connectivity index (χ1v) is 8.80. The summed E-state index contributed by atoms with van der Waals surface area (Å²) in [4.78, 5) is 12.2. The molecular formula is C16H23ClN4O2. The molecule has 0 spiro atoms. The highest BCUT2D eigenvalue weighted by molar-refractivity contribution is 6.35. The topological polar surface area (TPSA) is 104 Å². The van der Waals surface area contributed by atoms with Crippen LogP contribution in [0.15, 0.2) is 0 Å². The third-order valence-corrected chi connectivity index (χ3v) is 6.59. The van der Waals surface area contributed by atoms with E-state index in [1.54, 1.807) is 0 Å². The van der Waals surface area contributed by atoms with Crippen LogP contribution in [-0.2, 0) is 0 Å². The van der Waals surface area contributed by atoms with Crippen molar-refractivity contribution >= 4 is 23.3 Å². The van der Waals surface area contributed by atoms with E-state index in [9.17, 15) is 9.90 Å². The number of hydrogen-bond acceptors (Lipinski definition) is 4. The van der Waals surface area contributed by atoms with Gasteiger partial charge in [0.15, 0.2) is 5.82 Å². The van der Waals surface area contributed by atoms with Crippen LogP contribution in [0.1, 0.15) is 49.0 Å². The summed E-state index contributed by atoms with van der Waals surface area (Å²) in [6.07, 6.45) is 6.82. The molecule has 7 heteroatoms. The summed E-state index contributed by atoms with van der Waals surface area (Å²) in [7, 11) is 0. The van der Waals surface area contributed by atoms with Crippen molar-refractivity contribution in [3.05, 3.63) is 10.7 Å². The van der Waals surface area contributed by atoms with Crippen LogP contribution in [0.25, 0.3) is 0 Å². The van der Waals surface area contributed by atoms with Gasteiger partial charge >= 0.3 is 0 Å². The molecule has 4 aliphatic rings. The molecule has 0 radical (unpaired) electrons. The first-order chi connectivity index (χ1) is 11.0. The molecule has 5 N–H and O–H groups in total. The Kier molecular flexibility index (Phi) is 3.57. The van der Waals surface area contributed by atoms with Crippen molar-refractivity contribution in [1.29, 1.82) is 0 Å². The quantitative estimate of drug-likeness (QED) is 0.673. The molecule has 1 amide bonds. The molecule has 6 nitrogen and oxygen atoms in total. The van der Waals surface area contributed by atoms with E-state index < -0.39 is 6.10 Å². The largest absolute Gasteiger partial charge is 0.391 e. The number of amides is 1. The van der Waals surface area contributed by atoms with Gasteiger partial charge in [-0.05, 0) is 61.7 Å². The number of rotatable bonds is 4. The van der Waals surface area contributed by atoms with Gasteiger partial charge in [-0.2, -0.15) is 5.10 Å². The number of nitrogens with two attached hydrogens (primary N) is 1. The number of nitrogens with one attached hydrogen (secondary N) is 2. The number of aromatic nitrogens is 2. The van der Waals surface area contributed by atoms with Gasteiger partial charge in [0.1, 0.15) is 10.7 Å². The maximum Gasteiger partial charge on any atom is 0.271 e. The summed E-state index contributed by atoms with van der Waals surface area (Å²) >= 11 is 5.93. The molecule has 0 saturated heterocycles. The second-order valence-corrected chi connectivity index (χ2v) is 8.18. The van der Waals surface area contributed by atoms with E-state index in [-0.39, 0.29) is 34.4 Å². The Labute approximate surface area is 140 Å². The molecule has 1 atom stereocenters. The Morgan fingerprint density at radius 3 is 2.39 bits per heavy atom. The molecule has 0 aromatic carbocycles. The maximum atomic E-state index is 12.2. The third-order valence-electron chi connectivity index (χ3n) is 6.21. The van der Waals surface area contributed by atoms with E-state index in [1.807, 2.05) is 0 Å². The number of halogens is 1. The number of carbonyl (C=O) groups excluding carboxylic acids is 1. The number of nitrogens with zero attached hydrogens (tertiary/aromatic N) is 1. The third kappa shape index (κ3) is 2.52. The van der Waals surface area contributed by atoms with Crippen molar-refractivity contribution in [1.82, 2.24) is 15.5 Å². The standard InChI is InChI=1S/C16H23ClN4O2/c17-12-13(20-21-14(12)18)15(23)19-7-11(22)16-4-8-1-9(5-16)3-10(2-8)6-16/h8-11,22H,1-7H2,(H,19,23)(H3,18,20,21). The van der Waals surface area contributed by atoms with Crippen molar-refractivity contribution in [2.75, 3.05) is 12.3 Å². The molecule has 4 saturated carbocycles. The zero-order valence-electron chi connectivity index (χ0n) is 13.0. The molecule has 1 unspecified atom stereocenters. The van der Waals surface area contributed by atoms with Crippen LogP contribution in [0.4, 0.5) is 5.82 Å². The van der Waals surface area contributed by atoms with E-state index in [2.05, 4.69) is 15.5 Å². The molecule has 1 heterocycles. The Bertz CT molecular complexity index is 594. The second-order valence-electron chi connectivity index (χ2n) is 7.80. The first kappa shape index (κ1) is 15.3. The molecule has 4 bridgehead atoms. The lowest BCUT2D eigenvalue weighted by molar-refractivity contribution is -0.118. The van der Waals surface area contributed by atoms with Crippen LogP contribution < -0.4 is 11.1 Å². The Morgan fingerprint density at radius 2 is 1.91 bits per heavy atom. The Hall–Kier alpha value is -1.27. The molecule has 1 aromatic rings. The number of aliphatic hydroxyl groups excluding tert-OH is 1. The Morgan fingerprint density at radius 1 is 1.35 bits per heavy atom. The number of aliphatic hydroxyl groups is 1. The average Bonchev–Trinajstić information content (AvgIpc) is 2.83. The molecule has 4 aliphatic carbocycles. The predicted molar refractivity (Wildman–Crippen MR) is 87.0 cm³/mol. The van der Waals surface area contributed by atoms with Gasteiger partial charge in [0.2, 0.25) is 0 Å². The number of nitrogen functional groups attached to an aromatic ring is 1. The SMILES string of the molecule is Nc1n[nH]c(C(=O)NCC(O)C23CC4CC(CC(C4)C2)C3)c1Cl. The van der Waals surface area contributed by atoms with E-state index in [1.165, 1.54) is 19.3 Å². The van der Waals surface area contributed by atoms with Crippen molar-refractivity contribution < 1.29 is 9.90 Å². The number of carbonyl (C=O) groups is 1. The van der Waals surface area contributed by atoms with Crippen molar-refractivity contribution in [3.63, 3.8) is 0 Å². The van der Waals surface area contributed by atoms with Gasteiger partial charge < -0.3 is 16.2 Å². The molecule has 1 aromatic heterocycles. The molecule has 23 heavy (non-hydrogen) atoms. The lowest BCUT2D eigenvalue weighted by Gasteiger charge is -2.58. The predicted octanol–water partition coefficient (Wildman–Crippen LogP) is 1.95. The lowest BCUT2D eigenvalue weighted by Crippen LogP contribution is -2.54. The lowest BCUT2D eigenvalue weighted by atomic mass is 9.48. The van der Waals surface area contributed by atoms with Gasteiger partial charge in [-0.1, -0.05) is 11.6 Å². The summed E-state index contributed by atoms with van der Waals surface area (Å²) in [6, 6.07) is 0. The smallest absolute Gasteiger partial charge is 0.271 e. The minimum Gasteiger partial charge on any atom is -0.391 e. The molecule has 4 fully saturated rings. The first-order valence-electron chi connectivity index (χ1n) is 8.42. The van der Waals surface area contributed by atoms with E-state index in [4.69, 9.17) is 17.3 Å². The minimum absolute atomic E-state index is 0.00115. The van der Waals surface area contributed by atoms with E-state index in [0.29, 0.717) is 0 Å². The number of H-pyrrole nitrogens is 1. The fourth-order valence-corrected chi connectivity index (χ4v) is 5.74. The number of hydrogen-bond donors (Lipinski definition) is 4. The minimum atomic E-state index is -0.501. The molecular weight excluding hydrogens is 316 g/mol. The summed E-state index contributed by atoms with van der Waals surface area (Å²) in [6.45, 7) is 0.250. The molecule has 0 aliphatic heterocycles. The van der Waals surface area contributed by atoms with Crippen LogP contribution in [0.5, 0.6) is 0 Å². The van der Waals surface area contributed by atoms with Gasteiger partial charge in [-0.3, -0.25) is 9.89 Å². The monoisotopic (exact) mass is 338 g/mol. The van der Waals surface area contributed by atoms with Crippen molar-refractivity contribution in [2.45, 2.75) is 44.6 Å². The van der Waals surface area contributed by atoms with Gasteiger partial charge in [0.05, 0.1) is 6.10 Å². The van der Waals surface area contributed by atoms with Crippen LogP contribution in [-0.4, -0.2) is 33.9 Å². The zero-order chi connectivity index (χ0) is 16.2. The van der Waals surface area contributed by atoms with Crippen LogP contribution in [0, 0.1) is 23.2 Å². The van der Waals surface area contributed by atoms with E-state index >= 15 is 0 Å². The summed E-state index contributed by atoms with van der Waals surface area (Å²) in [5.74, 6) is 2.05. The normalized spacial score (nSPS) is 36.2. The van der Waals surface area contributed by atoms with Gasteiger partial charge in [0.25, 0.3) is 5.91 Å². The molecule has 5 rings (SSSR count). The fraction of sp³-hybridized carbons (Fsp3) is 0.750. The number of anilines is 1. The van der Waals surface area contributed by atoms with Crippen LogP contribution >= 0.6 is 11.6 Å². The highest BCUT2D eigenvalue weighted by Gasteiger charge is 2.53. The number of aromatic amines is 1. The van der Waals surface area contributed by atoms with Crippen molar-refractivity contribution in [2.24, 2.45) is 23.2 Å². The van der Waals surface area contributed by atoms with Crippen LogP contribution in [0.2, 0.25) is 5.02 Å². The fourth-order valence-electron chi connectivity index (χ4n) is 5.57. The van der Waals surface area contributed by atoms with Crippen molar-refractivity contribution in [3.8, 4) is 0 Å². The maximum absolute atomic E-state index is 12.2. The van der Waals surface area contributed by atoms with Gasteiger partial charge in [-0.25, -0.2) is 0 Å². The average molecular weight is 339 g/mol. The highest BCUT2D eigenvalue weighted by Crippen LogP contribution is 2.61. The van der Waals surface area contributed by atoms with Gasteiger partial charge in [-0.15, -0.1) is 0 Å². The van der Waals surface area contributed by atoms with Crippen LogP contribution in [0.3, 0.4) is 0 Å². The highest BCUT2D eigenvalue weighted by atomic mass is 35.5. The van der Waals surface area contributed by atoms with Gasteiger partial charge in [0, 0.05) is 6.54 Å². The molecule has 126 valence electrons. The second kappa shape index (κ2) is 5.38. The summed E-state index contributed by atoms with van der Waals surface area (Å²) in [5.41, 5.74) is 5.69.